The minimum atomic E-state index is -0.630. The number of hydrogen-bond acceptors (Lipinski definition) is 5. The van der Waals surface area contributed by atoms with Crippen molar-refractivity contribution in [2.75, 3.05) is 0 Å². The summed E-state index contributed by atoms with van der Waals surface area (Å²) in [6.07, 6.45) is 0.566. The largest absolute Gasteiger partial charge is 0.448 e. The lowest BCUT2D eigenvalue weighted by Gasteiger charge is -2.25. The number of benzene rings is 1. The van der Waals surface area contributed by atoms with Crippen LogP contribution >= 0.6 is 11.3 Å². The van der Waals surface area contributed by atoms with Crippen LogP contribution in [0.15, 0.2) is 41.9 Å². The molecule has 0 bridgehead atoms. The zero-order valence-electron chi connectivity index (χ0n) is 11.0. The molecular formula is C14H18N2O2S. The van der Waals surface area contributed by atoms with Crippen molar-refractivity contribution in [2.24, 2.45) is 0 Å². The van der Waals surface area contributed by atoms with Crippen LogP contribution in [0.25, 0.3) is 0 Å². The van der Waals surface area contributed by atoms with E-state index in [1.54, 1.807) is 13.1 Å². The zero-order valence-corrected chi connectivity index (χ0v) is 11.8. The summed E-state index contributed by atoms with van der Waals surface area (Å²) >= 11 is 1.41. The van der Waals surface area contributed by atoms with Crippen LogP contribution in [0, 0.1) is 0 Å². The topological polar surface area (TPSA) is 54.4 Å². The van der Waals surface area contributed by atoms with Crippen molar-refractivity contribution in [3.63, 3.8) is 0 Å². The summed E-state index contributed by atoms with van der Waals surface area (Å²) in [4.78, 5) is 4.06. The minimum absolute atomic E-state index is 0.0840. The summed E-state index contributed by atoms with van der Waals surface area (Å²) < 4.78 is 5.65. The van der Waals surface area contributed by atoms with Gasteiger partial charge in [0.1, 0.15) is 6.10 Å². The fourth-order valence-electron chi connectivity index (χ4n) is 1.73. The Hall–Kier alpha value is -1.43. The normalized spacial score (nSPS) is 15.7. The van der Waals surface area contributed by atoms with Gasteiger partial charge in [-0.3, -0.25) is 5.32 Å². The second-order valence-electron chi connectivity index (χ2n) is 4.38. The molecule has 0 saturated carbocycles. The monoisotopic (exact) mass is 278 g/mol. The third-order valence-corrected chi connectivity index (χ3v) is 3.45. The predicted octanol–water partition coefficient (Wildman–Crippen LogP) is 2.58. The maximum absolute atomic E-state index is 9.80. The second-order valence-corrected chi connectivity index (χ2v) is 5.23. The van der Waals surface area contributed by atoms with Gasteiger partial charge in [-0.25, -0.2) is 4.98 Å². The fraction of sp³-hybridized carbons (Fsp3) is 0.357. The number of aliphatic hydroxyl groups excluding tert-OH is 1. The first-order valence-corrected chi connectivity index (χ1v) is 7.10. The summed E-state index contributed by atoms with van der Waals surface area (Å²) in [5, 5.41) is 15.5. The van der Waals surface area contributed by atoms with Gasteiger partial charge in [0, 0.05) is 17.6 Å². The Bertz CT molecular complexity index is 473. The van der Waals surface area contributed by atoms with Gasteiger partial charge in [0.15, 0.2) is 6.23 Å². The third-order valence-electron chi connectivity index (χ3n) is 2.79. The Morgan fingerprint density at radius 1 is 1.26 bits per heavy atom. The minimum Gasteiger partial charge on any atom is -0.448 e. The van der Waals surface area contributed by atoms with Crippen molar-refractivity contribution in [1.29, 1.82) is 0 Å². The van der Waals surface area contributed by atoms with Crippen LogP contribution in [0.1, 0.15) is 25.5 Å². The standard InChI is InChI=1S/C14H18N2O2S/c1-10(12-6-4-3-5-7-12)16-13(11(2)17)18-14-15-8-9-19-14/h3-11,13,16-17H,1-2H3. The Morgan fingerprint density at radius 3 is 2.58 bits per heavy atom. The summed E-state index contributed by atoms with van der Waals surface area (Å²) in [5.74, 6) is 0. The van der Waals surface area contributed by atoms with Crippen molar-refractivity contribution in [1.82, 2.24) is 10.3 Å². The van der Waals surface area contributed by atoms with Gasteiger partial charge in [0.2, 0.25) is 0 Å². The van der Waals surface area contributed by atoms with Gasteiger partial charge in [-0.05, 0) is 19.4 Å². The van der Waals surface area contributed by atoms with E-state index in [1.807, 2.05) is 42.6 Å². The molecule has 2 aromatic rings. The third kappa shape index (κ3) is 4.02. The lowest BCUT2D eigenvalue weighted by Crippen LogP contribution is -2.44. The number of ether oxygens (including phenoxy) is 1. The number of aliphatic hydroxyl groups is 1. The van der Waals surface area contributed by atoms with Crippen LogP contribution in [0.4, 0.5) is 0 Å². The van der Waals surface area contributed by atoms with Gasteiger partial charge in [0.05, 0.1) is 0 Å². The maximum Gasteiger partial charge on any atom is 0.274 e. The number of nitrogens with zero attached hydrogens (tertiary/aromatic N) is 1. The molecule has 2 N–H and O–H groups in total. The molecule has 0 amide bonds. The molecule has 0 radical (unpaired) electrons. The van der Waals surface area contributed by atoms with Crippen LogP contribution < -0.4 is 10.1 Å². The fourth-order valence-corrected chi connectivity index (χ4v) is 2.25. The van der Waals surface area contributed by atoms with Gasteiger partial charge in [-0.15, -0.1) is 0 Å². The first-order chi connectivity index (χ1) is 9.16. The molecule has 0 aliphatic carbocycles. The quantitative estimate of drug-likeness (QED) is 0.797. The lowest BCUT2D eigenvalue weighted by molar-refractivity contribution is 0.0202. The Labute approximate surface area is 117 Å². The average Bonchev–Trinajstić information content (AvgIpc) is 2.91. The smallest absolute Gasteiger partial charge is 0.274 e. The highest BCUT2D eigenvalue weighted by atomic mass is 32.1. The van der Waals surface area contributed by atoms with Gasteiger partial charge in [0.25, 0.3) is 5.19 Å². The Morgan fingerprint density at radius 2 is 2.00 bits per heavy atom. The molecule has 5 heteroatoms. The van der Waals surface area contributed by atoms with E-state index in [0.29, 0.717) is 5.19 Å². The summed E-state index contributed by atoms with van der Waals surface area (Å²) in [6.45, 7) is 3.74. The number of nitrogens with one attached hydrogen (secondary N) is 1. The molecule has 4 nitrogen and oxygen atoms in total. The molecule has 0 spiro atoms. The SMILES string of the molecule is CC(NC(Oc1nccs1)C(C)O)c1ccccc1. The van der Waals surface area contributed by atoms with Crippen LogP contribution in [-0.4, -0.2) is 22.4 Å². The summed E-state index contributed by atoms with van der Waals surface area (Å²) in [6, 6.07) is 10.1. The van der Waals surface area contributed by atoms with E-state index in [9.17, 15) is 5.11 Å². The van der Waals surface area contributed by atoms with E-state index in [4.69, 9.17) is 4.74 Å². The van der Waals surface area contributed by atoms with E-state index in [1.165, 1.54) is 11.3 Å². The molecule has 0 aliphatic heterocycles. The summed E-state index contributed by atoms with van der Waals surface area (Å²) in [7, 11) is 0. The first-order valence-electron chi connectivity index (χ1n) is 6.22. The summed E-state index contributed by atoms with van der Waals surface area (Å²) in [5.41, 5.74) is 1.15. The number of aromatic nitrogens is 1. The molecular weight excluding hydrogens is 260 g/mol. The van der Waals surface area contributed by atoms with Crippen molar-refractivity contribution < 1.29 is 9.84 Å². The molecule has 3 unspecified atom stereocenters. The number of rotatable bonds is 6. The van der Waals surface area contributed by atoms with E-state index in [2.05, 4.69) is 10.3 Å². The number of thiazole rings is 1. The van der Waals surface area contributed by atoms with Crippen LogP contribution in [0.2, 0.25) is 0 Å². The molecule has 1 aromatic carbocycles. The van der Waals surface area contributed by atoms with Gasteiger partial charge < -0.3 is 9.84 Å². The van der Waals surface area contributed by atoms with Crippen molar-refractivity contribution in [3.8, 4) is 5.19 Å². The van der Waals surface area contributed by atoms with Crippen molar-refractivity contribution in [3.05, 3.63) is 47.5 Å². The molecule has 0 fully saturated rings. The van der Waals surface area contributed by atoms with E-state index in [0.717, 1.165) is 5.56 Å². The van der Waals surface area contributed by atoms with E-state index < -0.39 is 12.3 Å². The first kappa shape index (κ1) is 14.0. The van der Waals surface area contributed by atoms with E-state index >= 15 is 0 Å². The lowest BCUT2D eigenvalue weighted by atomic mass is 10.1. The highest BCUT2D eigenvalue weighted by molar-refractivity contribution is 7.11. The van der Waals surface area contributed by atoms with Crippen molar-refractivity contribution in [2.45, 2.75) is 32.2 Å². The molecule has 3 atom stereocenters. The molecule has 2 rings (SSSR count). The average molecular weight is 278 g/mol. The molecule has 19 heavy (non-hydrogen) atoms. The van der Waals surface area contributed by atoms with Crippen LogP contribution in [0.5, 0.6) is 5.19 Å². The Balaban J connectivity index is 2.00. The highest BCUT2D eigenvalue weighted by Gasteiger charge is 2.20. The molecule has 0 saturated heterocycles. The van der Waals surface area contributed by atoms with Gasteiger partial charge >= 0.3 is 0 Å². The highest BCUT2D eigenvalue weighted by Crippen LogP contribution is 2.18. The zero-order chi connectivity index (χ0) is 13.7. The van der Waals surface area contributed by atoms with Crippen LogP contribution in [0.3, 0.4) is 0 Å². The van der Waals surface area contributed by atoms with Gasteiger partial charge in [-0.2, -0.15) is 0 Å². The van der Waals surface area contributed by atoms with Gasteiger partial charge in [-0.1, -0.05) is 41.7 Å². The predicted molar refractivity (Wildman–Crippen MR) is 76.2 cm³/mol. The number of hydrogen-bond donors (Lipinski definition) is 2. The second kappa shape index (κ2) is 6.65. The molecule has 0 aliphatic rings. The van der Waals surface area contributed by atoms with Crippen LogP contribution in [-0.2, 0) is 0 Å². The Kier molecular flexibility index (Phi) is 4.90. The van der Waals surface area contributed by atoms with Crippen molar-refractivity contribution >= 4 is 11.3 Å². The molecule has 102 valence electrons. The maximum atomic E-state index is 9.80. The molecule has 1 heterocycles. The van der Waals surface area contributed by atoms with E-state index in [-0.39, 0.29) is 6.04 Å². The molecule has 1 aromatic heterocycles.